The molecule has 1 aliphatic heterocycles. The molecule has 2 aromatic carbocycles. The highest BCUT2D eigenvalue weighted by Gasteiger charge is 2.34. The summed E-state index contributed by atoms with van der Waals surface area (Å²) in [5, 5.41) is 2.42. The lowest BCUT2D eigenvalue weighted by Crippen LogP contribution is -2.40. The number of imide groups is 1. The van der Waals surface area contributed by atoms with E-state index < -0.39 is 34.2 Å². The van der Waals surface area contributed by atoms with E-state index in [1.807, 2.05) is 0 Å². The number of cyclic esters (lactones) is 1. The van der Waals surface area contributed by atoms with Crippen molar-refractivity contribution in [3.63, 3.8) is 0 Å². The van der Waals surface area contributed by atoms with Crippen LogP contribution in [0.2, 0.25) is 0 Å². The maximum absolute atomic E-state index is 12.9. The van der Waals surface area contributed by atoms with Crippen molar-refractivity contribution in [1.29, 1.82) is 0 Å². The van der Waals surface area contributed by atoms with Crippen molar-refractivity contribution >= 4 is 33.8 Å². The SMILES string of the molecule is COC(=O)Nc1ccc(S(=O)(=O)N[C@@H](CN2C(=O)COC2=O)c2ccccc2)cc1. The third-order valence-corrected chi connectivity index (χ3v) is 5.79. The van der Waals surface area contributed by atoms with Gasteiger partial charge in [0.2, 0.25) is 10.0 Å². The summed E-state index contributed by atoms with van der Waals surface area (Å²) in [6.45, 7) is -0.593. The third-order valence-electron chi connectivity index (χ3n) is 4.30. The van der Waals surface area contributed by atoms with Gasteiger partial charge in [-0.2, -0.15) is 0 Å². The molecule has 0 saturated carbocycles. The molecule has 0 unspecified atom stereocenters. The number of sulfonamides is 1. The number of amides is 3. The number of hydrogen-bond donors (Lipinski definition) is 2. The van der Waals surface area contributed by atoms with Gasteiger partial charge in [-0.25, -0.2) is 27.6 Å². The van der Waals surface area contributed by atoms with E-state index in [1.54, 1.807) is 30.3 Å². The summed E-state index contributed by atoms with van der Waals surface area (Å²) in [5.41, 5.74) is 0.920. The molecule has 1 fully saturated rings. The summed E-state index contributed by atoms with van der Waals surface area (Å²) >= 11 is 0. The molecule has 3 amide bonds. The highest BCUT2D eigenvalue weighted by molar-refractivity contribution is 7.89. The Labute approximate surface area is 172 Å². The first-order chi connectivity index (χ1) is 14.3. The van der Waals surface area contributed by atoms with E-state index in [0.29, 0.717) is 11.3 Å². The van der Waals surface area contributed by atoms with Crippen molar-refractivity contribution in [2.45, 2.75) is 10.9 Å². The van der Waals surface area contributed by atoms with Gasteiger partial charge in [-0.3, -0.25) is 10.1 Å². The molecular formula is C19H19N3O7S. The molecule has 0 spiro atoms. The Hall–Kier alpha value is -3.44. The number of nitrogens with zero attached hydrogens (tertiary/aromatic N) is 1. The Morgan fingerprint density at radius 2 is 1.80 bits per heavy atom. The molecule has 0 radical (unpaired) electrons. The van der Waals surface area contributed by atoms with Crippen LogP contribution in [0.25, 0.3) is 0 Å². The Morgan fingerprint density at radius 3 is 2.37 bits per heavy atom. The zero-order valence-corrected chi connectivity index (χ0v) is 16.7. The molecule has 11 heteroatoms. The number of carbonyl (C=O) groups excluding carboxylic acids is 3. The fourth-order valence-corrected chi connectivity index (χ4v) is 3.99. The van der Waals surface area contributed by atoms with Crippen molar-refractivity contribution in [1.82, 2.24) is 9.62 Å². The van der Waals surface area contributed by atoms with Crippen LogP contribution >= 0.6 is 0 Å². The first-order valence-corrected chi connectivity index (χ1v) is 10.3. The van der Waals surface area contributed by atoms with Crippen molar-refractivity contribution in [3.05, 3.63) is 60.2 Å². The van der Waals surface area contributed by atoms with Crippen molar-refractivity contribution in [2.24, 2.45) is 0 Å². The van der Waals surface area contributed by atoms with Crippen LogP contribution in [-0.4, -0.2) is 51.7 Å². The van der Waals surface area contributed by atoms with Crippen LogP contribution < -0.4 is 10.0 Å². The van der Waals surface area contributed by atoms with Gasteiger partial charge < -0.3 is 9.47 Å². The molecule has 2 N–H and O–H groups in total. The minimum atomic E-state index is -4.02. The normalized spacial score (nSPS) is 14.9. The number of nitrogens with one attached hydrogen (secondary N) is 2. The van der Waals surface area contributed by atoms with Gasteiger partial charge >= 0.3 is 12.2 Å². The maximum Gasteiger partial charge on any atom is 0.417 e. The number of hydrogen-bond acceptors (Lipinski definition) is 7. The summed E-state index contributed by atoms with van der Waals surface area (Å²) < 4.78 is 37.5. The summed E-state index contributed by atoms with van der Waals surface area (Å²) in [4.78, 5) is 35.7. The maximum atomic E-state index is 12.9. The largest absolute Gasteiger partial charge is 0.453 e. The zero-order chi connectivity index (χ0) is 21.7. The fraction of sp³-hybridized carbons (Fsp3) is 0.211. The lowest BCUT2D eigenvalue weighted by Gasteiger charge is -2.22. The molecular weight excluding hydrogens is 414 g/mol. The number of rotatable bonds is 7. The molecule has 1 heterocycles. The van der Waals surface area contributed by atoms with Crippen LogP contribution in [0, 0.1) is 0 Å². The first kappa shape index (κ1) is 21.3. The Kier molecular flexibility index (Phi) is 6.33. The van der Waals surface area contributed by atoms with E-state index in [1.165, 1.54) is 31.4 Å². The molecule has 0 aliphatic carbocycles. The van der Waals surface area contributed by atoms with Crippen LogP contribution in [0.4, 0.5) is 15.3 Å². The molecule has 0 aromatic heterocycles. The second kappa shape index (κ2) is 8.93. The number of ether oxygens (including phenoxy) is 2. The van der Waals surface area contributed by atoms with Gasteiger partial charge in [0, 0.05) is 5.69 Å². The van der Waals surface area contributed by atoms with Crippen LogP contribution in [0.1, 0.15) is 11.6 Å². The summed E-state index contributed by atoms with van der Waals surface area (Å²) in [6.07, 6.45) is -1.51. The molecule has 0 bridgehead atoms. The van der Waals surface area contributed by atoms with E-state index in [9.17, 15) is 22.8 Å². The second-order valence-electron chi connectivity index (χ2n) is 6.28. The summed E-state index contributed by atoms with van der Waals surface area (Å²) in [5.74, 6) is -0.543. The average Bonchev–Trinajstić information content (AvgIpc) is 3.06. The molecule has 1 saturated heterocycles. The molecule has 30 heavy (non-hydrogen) atoms. The average molecular weight is 433 g/mol. The van der Waals surface area contributed by atoms with Crippen molar-refractivity contribution in [2.75, 3.05) is 25.6 Å². The first-order valence-electron chi connectivity index (χ1n) is 8.79. The van der Waals surface area contributed by atoms with Gasteiger partial charge in [0.05, 0.1) is 24.6 Å². The van der Waals surface area contributed by atoms with Crippen LogP contribution in [0.15, 0.2) is 59.5 Å². The standard InChI is InChI=1S/C19H19N3O7S/c1-28-18(24)20-14-7-9-15(10-8-14)30(26,27)21-16(13-5-3-2-4-6-13)11-22-17(23)12-29-19(22)25/h2-10,16,21H,11-12H2,1H3,(H,20,24)/t16-/m0/s1. The van der Waals surface area contributed by atoms with E-state index >= 15 is 0 Å². The Balaban J connectivity index is 1.83. The van der Waals surface area contributed by atoms with E-state index in [0.717, 1.165) is 4.90 Å². The van der Waals surface area contributed by atoms with E-state index in [-0.39, 0.29) is 18.0 Å². The quantitative estimate of drug-likeness (QED) is 0.681. The molecule has 10 nitrogen and oxygen atoms in total. The van der Waals surface area contributed by atoms with Crippen molar-refractivity contribution < 1.29 is 32.3 Å². The lowest BCUT2D eigenvalue weighted by atomic mass is 10.1. The number of benzene rings is 2. The van der Waals surface area contributed by atoms with E-state index in [2.05, 4.69) is 14.8 Å². The van der Waals surface area contributed by atoms with Crippen LogP contribution in [-0.2, 0) is 24.3 Å². The Bertz CT molecular complexity index is 1020. The fourth-order valence-electron chi connectivity index (χ4n) is 2.78. The number of methoxy groups -OCH3 is 1. The highest BCUT2D eigenvalue weighted by Crippen LogP contribution is 2.21. The highest BCUT2D eigenvalue weighted by atomic mass is 32.2. The third kappa shape index (κ3) is 4.93. The number of anilines is 1. The van der Waals surface area contributed by atoms with Gasteiger partial charge in [0.1, 0.15) is 0 Å². The van der Waals surface area contributed by atoms with Gasteiger partial charge in [-0.05, 0) is 29.8 Å². The molecule has 3 rings (SSSR count). The summed E-state index contributed by atoms with van der Waals surface area (Å²) in [7, 11) is -2.81. The van der Waals surface area contributed by atoms with Gasteiger partial charge in [0.15, 0.2) is 6.61 Å². The Morgan fingerprint density at radius 1 is 1.13 bits per heavy atom. The molecule has 2 aromatic rings. The van der Waals surface area contributed by atoms with Gasteiger partial charge in [-0.1, -0.05) is 30.3 Å². The summed E-state index contributed by atoms with van der Waals surface area (Å²) in [6, 6.07) is 13.1. The smallest absolute Gasteiger partial charge is 0.417 e. The minimum Gasteiger partial charge on any atom is -0.453 e. The van der Waals surface area contributed by atoms with E-state index in [4.69, 9.17) is 4.74 Å². The molecule has 1 atom stereocenters. The second-order valence-corrected chi connectivity index (χ2v) is 8.00. The van der Waals surface area contributed by atoms with Gasteiger partial charge in [-0.15, -0.1) is 0 Å². The molecule has 158 valence electrons. The van der Waals surface area contributed by atoms with Crippen LogP contribution in [0.3, 0.4) is 0 Å². The molecule has 1 aliphatic rings. The minimum absolute atomic E-state index is 0.0610. The lowest BCUT2D eigenvalue weighted by molar-refractivity contribution is -0.126. The van der Waals surface area contributed by atoms with Crippen molar-refractivity contribution in [3.8, 4) is 0 Å². The van der Waals surface area contributed by atoms with Gasteiger partial charge in [0.25, 0.3) is 5.91 Å². The zero-order valence-electron chi connectivity index (χ0n) is 15.9. The monoisotopic (exact) mass is 433 g/mol. The van der Waals surface area contributed by atoms with Crippen LogP contribution in [0.5, 0.6) is 0 Å². The number of carbonyl (C=O) groups is 3. The topological polar surface area (TPSA) is 131 Å². The predicted octanol–water partition coefficient (Wildman–Crippen LogP) is 1.86. The predicted molar refractivity (Wildman–Crippen MR) is 105 cm³/mol.